The van der Waals surface area contributed by atoms with Gasteiger partial charge in [0.2, 0.25) is 0 Å². The molecule has 0 amide bonds. The Labute approximate surface area is 105 Å². The SMILES string of the molecule is CC12COC(C34OCC(C)(CO3)CO4)(OC1)OC2. The molecule has 0 N–H and O–H groups in total. The molecule has 6 aliphatic rings. The topological polar surface area (TPSA) is 55.4 Å². The Balaban J connectivity index is 1.64. The first-order valence-electron chi connectivity index (χ1n) is 6.33. The zero-order chi connectivity index (χ0) is 12.5. The average Bonchev–Trinajstić information content (AvgIpc) is 2.41. The van der Waals surface area contributed by atoms with Crippen molar-refractivity contribution in [2.45, 2.75) is 25.8 Å². The zero-order valence-corrected chi connectivity index (χ0v) is 10.7. The van der Waals surface area contributed by atoms with Gasteiger partial charge in [-0.05, 0) is 0 Å². The first kappa shape index (κ1) is 11.6. The van der Waals surface area contributed by atoms with Gasteiger partial charge in [-0.25, -0.2) is 0 Å². The largest absolute Gasteiger partial charge is 0.370 e. The van der Waals surface area contributed by atoms with Crippen LogP contribution in [-0.2, 0) is 28.4 Å². The van der Waals surface area contributed by atoms with Crippen LogP contribution < -0.4 is 0 Å². The Kier molecular flexibility index (Phi) is 2.09. The van der Waals surface area contributed by atoms with Crippen LogP contribution in [-0.4, -0.2) is 51.6 Å². The highest BCUT2D eigenvalue weighted by Gasteiger charge is 2.71. The molecule has 0 aliphatic carbocycles. The fraction of sp³-hybridized carbons (Fsp3) is 1.00. The predicted octanol–water partition coefficient (Wildman–Crippen LogP) is 0.461. The highest BCUT2D eigenvalue weighted by atomic mass is 17.0. The summed E-state index contributed by atoms with van der Waals surface area (Å²) in [5.74, 6) is -2.74. The van der Waals surface area contributed by atoms with Gasteiger partial charge in [0.15, 0.2) is 0 Å². The molecule has 6 fully saturated rings. The second-order valence-electron chi connectivity index (χ2n) is 6.47. The maximum absolute atomic E-state index is 5.74. The highest BCUT2D eigenvalue weighted by Crippen LogP contribution is 2.51. The average molecular weight is 258 g/mol. The van der Waals surface area contributed by atoms with Crippen molar-refractivity contribution in [1.82, 2.24) is 0 Å². The summed E-state index contributed by atoms with van der Waals surface area (Å²) < 4.78 is 34.4. The van der Waals surface area contributed by atoms with Crippen molar-refractivity contribution in [3.63, 3.8) is 0 Å². The number of hydrogen-bond donors (Lipinski definition) is 0. The standard InChI is InChI=1S/C12H18O6/c1-9-3-13-11(14-4-9,15-5-9)12-16-6-10(2,7-17-12)8-18-12/h3-8H2,1-2H3. The van der Waals surface area contributed by atoms with Crippen LogP contribution in [0.5, 0.6) is 0 Å². The molecule has 6 nitrogen and oxygen atoms in total. The Bertz CT molecular complexity index is 296. The number of fused-ring (bicyclic) bond motifs is 6. The number of rotatable bonds is 1. The van der Waals surface area contributed by atoms with Gasteiger partial charge in [0.1, 0.15) is 0 Å². The molecule has 18 heavy (non-hydrogen) atoms. The minimum Gasteiger partial charge on any atom is -0.320 e. The first-order valence-corrected chi connectivity index (χ1v) is 6.33. The predicted molar refractivity (Wildman–Crippen MR) is 57.4 cm³/mol. The van der Waals surface area contributed by atoms with E-state index in [1.807, 2.05) is 0 Å². The van der Waals surface area contributed by atoms with Gasteiger partial charge >= 0.3 is 11.9 Å². The summed E-state index contributed by atoms with van der Waals surface area (Å²) in [6.07, 6.45) is 0. The summed E-state index contributed by atoms with van der Waals surface area (Å²) in [5.41, 5.74) is -0.174. The zero-order valence-electron chi connectivity index (χ0n) is 10.7. The van der Waals surface area contributed by atoms with Gasteiger partial charge in [0, 0.05) is 10.8 Å². The number of ether oxygens (including phenoxy) is 6. The summed E-state index contributed by atoms with van der Waals surface area (Å²) in [6.45, 7) is 7.48. The summed E-state index contributed by atoms with van der Waals surface area (Å²) in [7, 11) is 0. The smallest absolute Gasteiger partial charge is 0.320 e. The lowest BCUT2D eigenvalue weighted by Gasteiger charge is -2.60. The lowest BCUT2D eigenvalue weighted by atomic mass is 9.90. The van der Waals surface area contributed by atoms with Crippen LogP contribution >= 0.6 is 0 Å². The summed E-state index contributed by atoms with van der Waals surface area (Å²) in [6, 6.07) is 0. The van der Waals surface area contributed by atoms with Gasteiger partial charge < -0.3 is 28.4 Å². The third-order valence-corrected chi connectivity index (χ3v) is 4.04. The van der Waals surface area contributed by atoms with E-state index in [0.29, 0.717) is 39.6 Å². The van der Waals surface area contributed by atoms with E-state index in [9.17, 15) is 0 Å². The molecule has 0 aromatic rings. The monoisotopic (exact) mass is 258 g/mol. The molecule has 6 saturated heterocycles. The molecule has 6 rings (SSSR count). The van der Waals surface area contributed by atoms with Gasteiger partial charge in [-0.3, -0.25) is 0 Å². The Morgan fingerprint density at radius 2 is 0.722 bits per heavy atom. The van der Waals surface area contributed by atoms with E-state index in [2.05, 4.69) is 13.8 Å². The fourth-order valence-corrected chi connectivity index (χ4v) is 2.65. The summed E-state index contributed by atoms with van der Waals surface area (Å²) in [4.78, 5) is 0. The van der Waals surface area contributed by atoms with Crippen molar-refractivity contribution in [2.24, 2.45) is 10.8 Å². The lowest BCUT2D eigenvalue weighted by molar-refractivity contribution is -0.624. The minimum atomic E-state index is -1.37. The van der Waals surface area contributed by atoms with E-state index >= 15 is 0 Å². The van der Waals surface area contributed by atoms with Crippen molar-refractivity contribution in [3.8, 4) is 0 Å². The second kappa shape index (κ2) is 3.26. The molecule has 0 aromatic carbocycles. The molecule has 0 atom stereocenters. The van der Waals surface area contributed by atoms with Gasteiger partial charge in [0.25, 0.3) is 0 Å². The van der Waals surface area contributed by atoms with Crippen LogP contribution in [0.15, 0.2) is 0 Å². The molecule has 0 spiro atoms. The summed E-state index contributed by atoms with van der Waals surface area (Å²) >= 11 is 0. The van der Waals surface area contributed by atoms with Crippen LogP contribution in [0, 0.1) is 10.8 Å². The Morgan fingerprint density at radius 1 is 0.500 bits per heavy atom. The van der Waals surface area contributed by atoms with Crippen LogP contribution in [0.4, 0.5) is 0 Å². The van der Waals surface area contributed by atoms with Crippen molar-refractivity contribution in [3.05, 3.63) is 0 Å². The molecule has 0 saturated carbocycles. The van der Waals surface area contributed by atoms with E-state index in [1.54, 1.807) is 0 Å². The lowest BCUT2D eigenvalue weighted by Crippen LogP contribution is -2.76. The van der Waals surface area contributed by atoms with Gasteiger partial charge in [-0.15, -0.1) is 0 Å². The minimum absolute atomic E-state index is 0.0871. The molecule has 102 valence electrons. The normalized spacial score (nSPS) is 59.0. The molecule has 0 aromatic heterocycles. The molecule has 0 radical (unpaired) electrons. The molecular formula is C12H18O6. The van der Waals surface area contributed by atoms with E-state index in [-0.39, 0.29) is 10.8 Å². The maximum atomic E-state index is 5.74. The van der Waals surface area contributed by atoms with Gasteiger partial charge in [0.05, 0.1) is 39.6 Å². The first-order chi connectivity index (χ1) is 8.49. The van der Waals surface area contributed by atoms with Crippen molar-refractivity contribution in [2.75, 3.05) is 39.6 Å². The fourth-order valence-electron chi connectivity index (χ4n) is 2.65. The second-order valence-corrected chi connectivity index (χ2v) is 6.47. The quantitative estimate of drug-likeness (QED) is 0.681. The molecule has 4 bridgehead atoms. The van der Waals surface area contributed by atoms with Crippen LogP contribution in [0.3, 0.4) is 0 Å². The molecule has 6 aliphatic heterocycles. The maximum Gasteiger partial charge on any atom is 0.370 e. The van der Waals surface area contributed by atoms with Gasteiger partial charge in [-0.2, -0.15) is 0 Å². The van der Waals surface area contributed by atoms with Crippen molar-refractivity contribution in [1.29, 1.82) is 0 Å². The van der Waals surface area contributed by atoms with Gasteiger partial charge in [-0.1, -0.05) is 13.8 Å². The van der Waals surface area contributed by atoms with E-state index in [4.69, 9.17) is 28.4 Å². The van der Waals surface area contributed by atoms with E-state index in [0.717, 1.165) is 0 Å². The van der Waals surface area contributed by atoms with Crippen molar-refractivity contribution >= 4 is 0 Å². The molecule has 0 unspecified atom stereocenters. The Morgan fingerprint density at radius 3 is 0.944 bits per heavy atom. The van der Waals surface area contributed by atoms with E-state index < -0.39 is 11.9 Å². The number of hydrogen-bond acceptors (Lipinski definition) is 6. The third kappa shape index (κ3) is 1.33. The molecular weight excluding hydrogens is 240 g/mol. The van der Waals surface area contributed by atoms with E-state index in [1.165, 1.54) is 0 Å². The molecule has 6 heterocycles. The van der Waals surface area contributed by atoms with Crippen LogP contribution in [0.25, 0.3) is 0 Å². The highest BCUT2D eigenvalue weighted by molar-refractivity contribution is 4.94. The Hall–Kier alpha value is -0.240. The van der Waals surface area contributed by atoms with Crippen LogP contribution in [0.1, 0.15) is 13.8 Å². The summed E-state index contributed by atoms with van der Waals surface area (Å²) in [5, 5.41) is 0. The van der Waals surface area contributed by atoms with Crippen LogP contribution in [0.2, 0.25) is 0 Å². The third-order valence-electron chi connectivity index (χ3n) is 4.04. The van der Waals surface area contributed by atoms with Crippen molar-refractivity contribution < 1.29 is 28.4 Å². The molecule has 6 heteroatoms.